The fraction of sp³-hybridized carbons (Fsp3) is 0.350. The van der Waals surface area contributed by atoms with Crippen LogP contribution in [0.15, 0.2) is 59.6 Å². The van der Waals surface area contributed by atoms with E-state index in [2.05, 4.69) is 60.1 Å². The normalized spacial score (nSPS) is 24.4. The second kappa shape index (κ2) is 5.26. The second-order valence-corrected chi connectivity index (χ2v) is 7.31. The molecule has 0 radical (unpaired) electrons. The molecule has 0 amide bonds. The van der Waals surface area contributed by atoms with Gasteiger partial charge in [0.15, 0.2) is 5.96 Å². The summed E-state index contributed by atoms with van der Waals surface area (Å²) in [6, 6.07) is 18.7. The highest BCUT2D eigenvalue weighted by Gasteiger charge is 2.52. The lowest BCUT2D eigenvalue weighted by molar-refractivity contribution is 0.00599. The highest BCUT2D eigenvalue weighted by atomic mass is 16.5. The number of benzene rings is 2. The number of nitrogens with two attached hydrogens (primary N) is 1. The zero-order chi connectivity index (χ0) is 16.8. The van der Waals surface area contributed by atoms with E-state index in [1.54, 1.807) is 0 Å². The van der Waals surface area contributed by atoms with Crippen LogP contribution in [0.25, 0.3) is 0 Å². The van der Waals surface area contributed by atoms with Gasteiger partial charge in [0.05, 0.1) is 12.1 Å². The van der Waals surface area contributed by atoms with Crippen LogP contribution in [0, 0.1) is 0 Å². The molecule has 0 aliphatic carbocycles. The van der Waals surface area contributed by atoms with Gasteiger partial charge in [-0.15, -0.1) is 0 Å². The highest BCUT2D eigenvalue weighted by molar-refractivity contribution is 5.81. The van der Waals surface area contributed by atoms with Crippen molar-refractivity contribution in [2.75, 3.05) is 6.54 Å². The highest BCUT2D eigenvalue weighted by Crippen LogP contribution is 2.49. The number of nitrogens with zero attached hydrogens (tertiary/aromatic N) is 2. The van der Waals surface area contributed by atoms with Gasteiger partial charge in [-0.25, -0.2) is 0 Å². The van der Waals surface area contributed by atoms with Gasteiger partial charge in [-0.2, -0.15) is 0 Å². The van der Waals surface area contributed by atoms with Crippen molar-refractivity contribution in [1.82, 2.24) is 4.90 Å². The van der Waals surface area contributed by atoms with Crippen LogP contribution in [-0.4, -0.2) is 23.0 Å². The minimum absolute atomic E-state index is 0.238. The number of hydrogen-bond donors (Lipinski definition) is 1. The summed E-state index contributed by atoms with van der Waals surface area (Å²) >= 11 is 0. The van der Waals surface area contributed by atoms with Crippen molar-refractivity contribution in [3.8, 4) is 5.75 Å². The molecule has 2 aromatic rings. The molecule has 2 aromatic carbocycles. The Bertz CT molecular complexity index is 784. The average Bonchev–Trinajstić information content (AvgIpc) is 2.85. The van der Waals surface area contributed by atoms with E-state index in [9.17, 15) is 0 Å². The van der Waals surface area contributed by atoms with E-state index >= 15 is 0 Å². The summed E-state index contributed by atoms with van der Waals surface area (Å²) in [5, 5.41) is 0. The van der Waals surface area contributed by atoms with Crippen LogP contribution in [0.5, 0.6) is 5.75 Å². The molecule has 0 saturated carbocycles. The zero-order valence-corrected chi connectivity index (χ0v) is 14.2. The Morgan fingerprint density at radius 1 is 1.08 bits per heavy atom. The maximum atomic E-state index is 6.31. The Kier molecular flexibility index (Phi) is 3.30. The van der Waals surface area contributed by atoms with Crippen molar-refractivity contribution >= 4 is 5.96 Å². The van der Waals surface area contributed by atoms with Gasteiger partial charge in [-0.05, 0) is 25.5 Å². The van der Waals surface area contributed by atoms with Crippen molar-refractivity contribution in [3.05, 3.63) is 65.7 Å². The molecular formula is C20H23N3O. The molecule has 0 fully saturated rings. The first-order valence-electron chi connectivity index (χ1n) is 8.40. The number of rotatable bonds is 2. The van der Waals surface area contributed by atoms with E-state index in [1.807, 2.05) is 18.2 Å². The average molecular weight is 321 g/mol. The summed E-state index contributed by atoms with van der Waals surface area (Å²) in [4.78, 5) is 6.88. The molecule has 0 aromatic heterocycles. The third-order valence-electron chi connectivity index (χ3n) is 4.97. The molecule has 4 rings (SSSR count). The van der Waals surface area contributed by atoms with Gasteiger partial charge in [0.25, 0.3) is 0 Å². The Morgan fingerprint density at radius 2 is 1.79 bits per heavy atom. The van der Waals surface area contributed by atoms with E-state index in [-0.39, 0.29) is 11.1 Å². The summed E-state index contributed by atoms with van der Waals surface area (Å²) in [6.07, 6.45) is 0.855. The second-order valence-electron chi connectivity index (χ2n) is 7.31. The third-order valence-corrected chi connectivity index (χ3v) is 4.97. The van der Waals surface area contributed by atoms with Gasteiger partial charge in [-0.1, -0.05) is 48.5 Å². The Hall–Kier alpha value is -2.49. The number of para-hydroxylation sites is 1. The maximum absolute atomic E-state index is 6.31. The SMILES string of the molecule is CC1(C)CC2(CN=C(N)N2Cc2ccccc2)c2ccccc2O1. The summed E-state index contributed by atoms with van der Waals surface area (Å²) in [5.74, 6) is 1.56. The molecule has 24 heavy (non-hydrogen) atoms. The van der Waals surface area contributed by atoms with E-state index in [4.69, 9.17) is 10.5 Å². The van der Waals surface area contributed by atoms with Crippen LogP contribution in [0.3, 0.4) is 0 Å². The summed E-state index contributed by atoms with van der Waals surface area (Å²) < 4.78 is 6.22. The molecule has 4 heteroatoms. The molecule has 0 saturated heterocycles. The van der Waals surface area contributed by atoms with Gasteiger partial charge >= 0.3 is 0 Å². The molecule has 2 aliphatic heterocycles. The fourth-order valence-electron chi connectivity index (χ4n) is 4.06. The van der Waals surface area contributed by atoms with Crippen LogP contribution in [0.2, 0.25) is 0 Å². The summed E-state index contributed by atoms with van der Waals surface area (Å²) in [7, 11) is 0. The molecule has 2 aliphatic rings. The van der Waals surface area contributed by atoms with Crippen molar-refractivity contribution < 1.29 is 4.74 Å². The molecule has 1 spiro atoms. The molecule has 124 valence electrons. The molecule has 2 heterocycles. The predicted octanol–water partition coefficient (Wildman–Crippen LogP) is 3.27. The van der Waals surface area contributed by atoms with Crippen LogP contribution in [-0.2, 0) is 12.1 Å². The third kappa shape index (κ3) is 2.33. The molecule has 1 unspecified atom stereocenters. The smallest absolute Gasteiger partial charge is 0.192 e. The van der Waals surface area contributed by atoms with E-state index in [0.29, 0.717) is 12.5 Å². The van der Waals surface area contributed by atoms with Gasteiger partial charge in [0.2, 0.25) is 0 Å². The summed E-state index contributed by atoms with van der Waals surface area (Å²) in [6.45, 7) is 5.70. The largest absolute Gasteiger partial charge is 0.487 e. The minimum atomic E-state index is -0.260. The van der Waals surface area contributed by atoms with Crippen LogP contribution in [0.1, 0.15) is 31.4 Å². The van der Waals surface area contributed by atoms with Gasteiger partial charge in [0, 0.05) is 18.5 Å². The van der Waals surface area contributed by atoms with Crippen LogP contribution < -0.4 is 10.5 Å². The standard InChI is InChI=1S/C20H23N3O/c1-19(2)13-20(16-10-6-7-11-17(16)24-19)14-22-18(21)23(20)12-15-8-4-3-5-9-15/h3-11H,12-14H2,1-2H3,(H2,21,22). The van der Waals surface area contributed by atoms with Gasteiger partial charge in [-0.3, -0.25) is 4.99 Å². The number of aliphatic imine (C=N–C) groups is 1. The lowest BCUT2D eigenvalue weighted by Gasteiger charge is -2.48. The Labute approximate surface area is 143 Å². The lowest BCUT2D eigenvalue weighted by Crippen LogP contribution is -2.55. The van der Waals surface area contributed by atoms with Crippen molar-refractivity contribution in [1.29, 1.82) is 0 Å². The zero-order valence-electron chi connectivity index (χ0n) is 14.2. The van der Waals surface area contributed by atoms with Crippen molar-refractivity contribution in [2.24, 2.45) is 10.7 Å². The molecule has 2 N–H and O–H groups in total. The maximum Gasteiger partial charge on any atom is 0.192 e. The Balaban J connectivity index is 1.80. The fourth-order valence-corrected chi connectivity index (χ4v) is 4.06. The summed E-state index contributed by atoms with van der Waals surface area (Å²) in [5.41, 5.74) is 8.23. The van der Waals surface area contributed by atoms with Crippen LogP contribution in [0.4, 0.5) is 0 Å². The number of guanidine groups is 1. The van der Waals surface area contributed by atoms with E-state index < -0.39 is 0 Å². The number of ether oxygens (including phenoxy) is 1. The predicted molar refractivity (Wildman–Crippen MR) is 95.9 cm³/mol. The molecule has 1 atom stereocenters. The molecular weight excluding hydrogens is 298 g/mol. The van der Waals surface area contributed by atoms with Crippen LogP contribution >= 0.6 is 0 Å². The van der Waals surface area contributed by atoms with Gasteiger partial charge in [0.1, 0.15) is 11.4 Å². The Morgan fingerprint density at radius 3 is 2.58 bits per heavy atom. The molecule has 4 nitrogen and oxygen atoms in total. The first-order chi connectivity index (χ1) is 11.5. The first kappa shape index (κ1) is 15.1. The van der Waals surface area contributed by atoms with Crippen molar-refractivity contribution in [2.45, 2.75) is 38.0 Å². The lowest BCUT2D eigenvalue weighted by atomic mass is 9.76. The number of fused-ring (bicyclic) bond motifs is 2. The quantitative estimate of drug-likeness (QED) is 0.923. The minimum Gasteiger partial charge on any atom is -0.487 e. The van der Waals surface area contributed by atoms with E-state index in [1.165, 1.54) is 11.1 Å². The van der Waals surface area contributed by atoms with Crippen molar-refractivity contribution in [3.63, 3.8) is 0 Å². The van der Waals surface area contributed by atoms with Gasteiger partial charge < -0.3 is 15.4 Å². The van der Waals surface area contributed by atoms with E-state index in [0.717, 1.165) is 18.7 Å². The monoisotopic (exact) mass is 321 g/mol. The topological polar surface area (TPSA) is 50.8 Å². The number of hydrogen-bond acceptors (Lipinski definition) is 4. The molecule has 0 bridgehead atoms. The first-order valence-corrected chi connectivity index (χ1v) is 8.40.